The number of non-ortho nitro benzene ring substituents is 2. The zero-order valence-corrected chi connectivity index (χ0v) is 15.9. The molecule has 0 heterocycles. The van der Waals surface area contributed by atoms with Crippen LogP contribution in [0.5, 0.6) is 0 Å². The lowest BCUT2D eigenvalue weighted by molar-refractivity contribution is -0.385. The lowest BCUT2D eigenvalue weighted by Crippen LogP contribution is -2.15. The fourth-order valence-corrected chi connectivity index (χ4v) is 5.03. The molecule has 0 amide bonds. The van der Waals surface area contributed by atoms with Crippen molar-refractivity contribution in [2.75, 3.05) is 0 Å². The summed E-state index contributed by atoms with van der Waals surface area (Å²) in [7, 11) is 0. The van der Waals surface area contributed by atoms with Gasteiger partial charge in [0.2, 0.25) is 0 Å². The van der Waals surface area contributed by atoms with Gasteiger partial charge in [-0.3, -0.25) is 20.2 Å². The molecule has 25 heavy (non-hydrogen) atoms. The molecule has 6 nitrogen and oxygen atoms in total. The second-order valence-electron chi connectivity index (χ2n) is 4.74. The van der Waals surface area contributed by atoms with Crippen molar-refractivity contribution in [2.45, 2.75) is 7.33 Å². The predicted octanol–water partition coefficient (Wildman–Crippen LogP) is 6.11. The Morgan fingerprint density at radius 2 is 0.960 bits per heavy atom. The standard InChI is InChI=1S/C14H8Cl4N2O4S/c15-13(16,9-1-5-11(6-2-9)19(21)22)25-14(17,18)10-3-7-12(8-4-10)20(23)24/h1-8H. The molecule has 0 aliphatic rings. The molecule has 0 spiro atoms. The van der Waals surface area contributed by atoms with Crippen LogP contribution < -0.4 is 0 Å². The van der Waals surface area contributed by atoms with E-state index in [0.717, 1.165) is 11.8 Å². The highest BCUT2D eigenvalue weighted by Crippen LogP contribution is 2.58. The van der Waals surface area contributed by atoms with Gasteiger partial charge in [-0.15, -0.1) is 0 Å². The quantitative estimate of drug-likeness (QED) is 0.306. The van der Waals surface area contributed by atoms with Crippen LogP contribution in [0.2, 0.25) is 0 Å². The van der Waals surface area contributed by atoms with Gasteiger partial charge in [0.15, 0.2) is 7.33 Å². The molecule has 0 aliphatic carbocycles. The van der Waals surface area contributed by atoms with Gasteiger partial charge >= 0.3 is 0 Å². The fourth-order valence-electron chi connectivity index (χ4n) is 1.83. The summed E-state index contributed by atoms with van der Waals surface area (Å²) in [5.41, 5.74) is 0.463. The summed E-state index contributed by atoms with van der Waals surface area (Å²) in [5, 5.41) is 21.4. The molecule has 0 fully saturated rings. The second-order valence-corrected chi connectivity index (χ2v) is 9.72. The number of nitrogens with zero attached hydrogens (tertiary/aromatic N) is 2. The number of rotatable bonds is 6. The average Bonchev–Trinajstić information content (AvgIpc) is 2.54. The minimum Gasteiger partial charge on any atom is -0.258 e. The van der Waals surface area contributed by atoms with Crippen molar-refractivity contribution < 1.29 is 9.85 Å². The molecule has 0 N–H and O–H groups in total. The van der Waals surface area contributed by atoms with E-state index in [0.29, 0.717) is 11.1 Å². The molecule has 2 rings (SSSR count). The van der Waals surface area contributed by atoms with Gasteiger partial charge < -0.3 is 0 Å². The Bertz CT molecular complexity index is 730. The van der Waals surface area contributed by atoms with Crippen molar-refractivity contribution in [3.05, 3.63) is 79.9 Å². The van der Waals surface area contributed by atoms with Crippen molar-refractivity contribution in [3.63, 3.8) is 0 Å². The number of nitro benzene ring substituents is 2. The largest absolute Gasteiger partial charge is 0.269 e. The third-order valence-electron chi connectivity index (χ3n) is 3.08. The summed E-state index contributed by atoms with van der Waals surface area (Å²) in [6.45, 7) is 0. The lowest BCUT2D eigenvalue weighted by Gasteiger charge is -2.28. The van der Waals surface area contributed by atoms with E-state index >= 15 is 0 Å². The topological polar surface area (TPSA) is 86.3 Å². The molecule has 132 valence electrons. The van der Waals surface area contributed by atoms with Crippen molar-refractivity contribution in [1.29, 1.82) is 0 Å². The first kappa shape index (κ1) is 20.1. The van der Waals surface area contributed by atoms with Crippen LogP contribution in [0.4, 0.5) is 11.4 Å². The van der Waals surface area contributed by atoms with Crippen LogP contribution in [0.3, 0.4) is 0 Å². The number of alkyl halides is 4. The molecular weight excluding hydrogens is 434 g/mol. The minimum absolute atomic E-state index is 0.115. The normalized spacial score (nSPS) is 12.0. The molecule has 0 aliphatic heterocycles. The monoisotopic (exact) mass is 440 g/mol. The molecule has 0 radical (unpaired) electrons. The molecule has 2 aromatic carbocycles. The molecule has 0 saturated carbocycles. The first-order chi connectivity index (χ1) is 11.5. The Morgan fingerprint density at radius 1 is 0.680 bits per heavy atom. The number of hydrogen-bond acceptors (Lipinski definition) is 5. The summed E-state index contributed by atoms with van der Waals surface area (Å²) < 4.78 is -3.22. The maximum atomic E-state index is 10.7. The Labute approximate surface area is 166 Å². The highest BCUT2D eigenvalue weighted by molar-refractivity contribution is 8.05. The Morgan fingerprint density at radius 3 is 1.20 bits per heavy atom. The Kier molecular flexibility index (Phi) is 6.06. The minimum atomic E-state index is -1.61. The van der Waals surface area contributed by atoms with Crippen LogP contribution in [-0.2, 0) is 7.33 Å². The Balaban J connectivity index is 2.24. The van der Waals surface area contributed by atoms with E-state index in [-0.39, 0.29) is 11.4 Å². The maximum absolute atomic E-state index is 10.7. The van der Waals surface area contributed by atoms with Crippen molar-refractivity contribution >= 4 is 69.5 Å². The number of thioether (sulfide) groups is 1. The van der Waals surface area contributed by atoms with Crippen LogP contribution in [0.15, 0.2) is 48.5 Å². The number of benzene rings is 2. The van der Waals surface area contributed by atoms with Crippen LogP contribution in [-0.4, -0.2) is 9.85 Å². The third kappa shape index (κ3) is 4.89. The highest BCUT2D eigenvalue weighted by Gasteiger charge is 2.40. The molecular formula is C14H8Cl4N2O4S. The number of nitro groups is 2. The molecule has 0 aromatic heterocycles. The van der Waals surface area contributed by atoms with E-state index in [2.05, 4.69) is 0 Å². The number of hydrogen-bond donors (Lipinski definition) is 0. The second kappa shape index (κ2) is 7.55. The van der Waals surface area contributed by atoms with E-state index in [9.17, 15) is 20.2 Å². The number of halogens is 4. The molecule has 0 unspecified atom stereocenters. The van der Waals surface area contributed by atoms with Crippen LogP contribution >= 0.6 is 58.2 Å². The summed E-state index contributed by atoms with van der Waals surface area (Å²) in [4.78, 5) is 20.3. The smallest absolute Gasteiger partial charge is 0.258 e. The van der Waals surface area contributed by atoms with Gasteiger partial charge in [-0.2, -0.15) is 0 Å². The summed E-state index contributed by atoms with van der Waals surface area (Å²) in [6.07, 6.45) is 0. The maximum Gasteiger partial charge on any atom is 0.269 e. The third-order valence-corrected chi connectivity index (χ3v) is 5.87. The van der Waals surface area contributed by atoms with Crippen LogP contribution in [0.25, 0.3) is 0 Å². The first-order valence-electron chi connectivity index (χ1n) is 6.48. The SMILES string of the molecule is O=[N+]([O-])c1ccc(C(Cl)(Cl)SC(Cl)(Cl)c2ccc([N+](=O)[O-])cc2)cc1. The lowest BCUT2D eigenvalue weighted by atomic mass is 10.2. The van der Waals surface area contributed by atoms with Gasteiger partial charge in [-0.25, -0.2) is 0 Å². The van der Waals surface area contributed by atoms with Crippen molar-refractivity contribution in [1.82, 2.24) is 0 Å². The van der Waals surface area contributed by atoms with Gasteiger partial charge in [0.25, 0.3) is 11.4 Å². The van der Waals surface area contributed by atoms with E-state index < -0.39 is 17.2 Å². The van der Waals surface area contributed by atoms with Gasteiger partial charge in [-0.05, 0) is 35.4 Å². The van der Waals surface area contributed by atoms with E-state index in [1.165, 1.54) is 48.5 Å². The fraction of sp³-hybridized carbons (Fsp3) is 0.143. The van der Waals surface area contributed by atoms with E-state index in [1.54, 1.807) is 0 Å². The van der Waals surface area contributed by atoms with Crippen molar-refractivity contribution in [2.24, 2.45) is 0 Å². The molecule has 0 saturated heterocycles. The van der Waals surface area contributed by atoms with E-state index in [1.807, 2.05) is 0 Å². The summed E-state index contributed by atoms with van der Waals surface area (Å²) >= 11 is 25.9. The van der Waals surface area contributed by atoms with Crippen LogP contribution in [0, 0.1) is 20.2 Å². The summed E-state index contributed by atoms with van der Waals surface area (Å²) in [5.74, 6) is 0. The first-order valence-corrected chi connectivity index (χ1v) is 8.81. The molecule has 0 bridgehead atoms. The van der Waals surface area contributed by atoms with Gasteiger partial charge in [0.05, 0.1) is 9.85 Å². The van der Waals surface area contributed by atoms with Gasteiger partial charge in [-0.1, -0.05) is 58.2 Å². The van der Waals surface area contributed by atoms with E-state index in [4.69, 9.17) is 46.4 Å². The molecule has 2 aromatic rings. The zero-order valence-electron chi connectivity index (χ0n) is 12.1. The van der Waals surface area contributed by atoms with Gasteiger partial charge in [0, 0.05) is 24.3 Å². The zero-order chi connectivity index (χ0) is 18.8. The average molecular weight is 442 g/mol. The van der Waals surface area contributed by atoms with Gasteiger partial charge in [0.1, 0.15) is 0 Å². The van der Waals surface area contributed by atoms with Crippen molar-refractivity contribution in [3.8, 4) is 0 Å². The molecule has 0 atom stereocenters. The molecule has 11 heteroatoms. The Hall–Kier alpha value is -1.25. The van der Waals surface area contributed by atoms with Crippen LogP contribution in [0.1, 0.15) is 11.1 Å². The predicted molar refractivity (Wildman–Crippen MR) is 101 cm³/mol. The summed E-state index contributed by atoms with van der Waals surface area (Å²) in [6, 6.07) is 10.6. The highest BCUT2D eigenvalue weighted by atomic mass is 35.5.